The molecule has 1 aromatic rings. The van der Waals surface area contributed by atoms with Crippen molar-refractivity contribution in [1.82, 2.24) is 14.7 Å². The molecule has 19 heavy (non-hydrogen) atoms. The lowest BCUT2D eigenvalue weighted by Gasteiger charge is -2.23. The predicted octanol–water partition coefficient (Wildman–Crippen LogP) is 1.63. The summed E-state index contributed by atoms with van der Waals surface area (Å²) in [5, 5.41) is 13.3. The Morgan fingerprint density at radius 3 is 2.21 bits per heavy atom. The van der Waals surface area contributed by atoms with Crippen molar-refractivity contribution in [2.24, 2.45) is 0 Å². The molecule has 0 aliphatic heterocycles. The molecule has 1 heterocycles. The van der Waals surface area contributed by atoms with Gasteiger partial charge in [0.2, 0.25) is 5.91 Å². The highest BCUT2D eigenvalue weighted by Gasteiger charge is 2.26. The van der Waals surface area contributed by atoms with Crippen LogP contribution in [0.15, 0.2) is 0 Å². The van der Waals surface area contributed by atoms with Crippen molar-refractivity contribution >= 4 is 11.9 Å². The zero-order chi connectivity index (χ0) is 14.7. The van der Waals surface area contributed by atoms with E-state index in [4.69, 9.17) is 5.11 Å². The molecule has 1 atom stereocenters. The van der Waals surface area contributed by atoms with Crippen LogP contribution in [0.25, 0.3) is 0 Å². The van der Waals surface area contributed by atoms with Gasteiger partial charge in [0.1, 0.15) is 11.6 Å². The Kier molecular flexibility index (Phi) is 4.69. The van der Waals surface area contributed by atoms with Gasteiger partial charge in [-0.2, -0.15) is 5.10 Å². The molecule has 1 rings (SSSR count). The van der Waals surface area contributed by atoms with E-state index in [1.165, 1.54) is 4.68 Å². The van der Waals surface area contributed by atoms with E-state index in [9.17, 15) is 9.59 Å². The van der Waals surface area contributed by atoms with E-state index < -0.39 is 12.0 Å². The molecule has 0 aliphatic carbocycles. The summed E-state index contributed by atoms with van der Waals surface area (Å²) >= 11 is 0. The maximum atomic E-state index is 12.3. The maximum absolute atomic E-state index is 12.3. The first-order valence-electron chi connectivity index (χ1n) is 6.42. The van der Waals surface area contributed by atoms with Crippen LogP contribution in [0.5, 0.6) is 0 Å². The van der Waals surface area contributed by atoms with E-state index in [0.29, 0.717) is 24.5 Å². The normalized spacial score (nSPS) is 12.3. The van der Waals surface area contributed by atoms with Crippen molar-refractivity contribution in [3.8, 4) is 0 Å². The lowest BCUT2D eigenvalue weighted by molar-refractivity contribution is -0.134. The Morgan fingerprint density at radius 2 is 1.84 bits per heavy atom. The molecule has 106 valence electrons. The minimum Gasteiger partial charge on any atom is -0.478 e. The monoisotopic (exact) mass is 267 g/mol. The van der Waals surface area contributed by atoms with Crippen LogP contribution in [0, 0.1) is 13.8 Å². The summed E-state index contributed by atoms with van der Waals surface area (Å²) < 4.78 is 1.50. The van der Waals surface area contributed by atoms with Gasteiger partial charge in [0.05, 0.1) is 11.4 Å². The summed E-state index contributed by atoms with van der Waals surface area (Å²) in [4.78, 5) is 25.1. The molecule has 0 fully saturated rings. The molecule has 0 bridgehead atoms. The number of aryl methyl sites for hydroxylation is 1. The van der Waals surface area contributed by atoms with Crippen molar-refractivity contribution in [3.63, 3.8) is 0 Å². The molecule has 1 amide bonds. The minimum absolute atomic E-state index is 0.0486. The van der Waals surface area contributed by atoms with Gasteiger partial charge in [-0.05, 0) is 34.6 Å². The number of aromatic carboxylic acids is 1. The first-order valence-corrected chi connectivity index (χ1v) is 6.42. The van der Waals surface area contributed by atoms with Crippen LogP contribution in [0.4, 0.5) is 0 Å². The van der Waals surface area contributed by atoms with Crippen LogP contribution in [0.3, 0.4) is 0 Å². The number of carboxylic acid groups (broad SMARTS) is 1. The molecule has 0 aliphatic rings. The Balaban J connectivity index is 3.14. The van der Waals surface area contributed by atoms with Crippen LogP contribution in [0.1, 0.15) is 48.6 Å². The van der Waals surface area contributed by atoms with Crippen molar-refractivity contribution in [1.29, 1.82) is 0 Å². The van der Waals surface area contributed by atoms with Crippen molar-refractivity contribution in [3.05, 3.63) is 17.0 Å². The van der Waals surface area contributed by atoms with Crippen LogP contribution < -0.4 is 0 Å². The van der Waals surface area contributed by atoms with Crippen LogP contribution in [-0.2, 0) is 4.79 Å². The fourth-order valence-corrected chi connectivity index (χ4v) is 2.25. The topological polar surface area (TPSA) is 75.4 Å². The van der Waals surface area contributed by atoms with Crippen molar-refractivity contribution in [2.75, 3.05) is 13.1 Å². The number of nitrogens with zero attached hydrogens (tertiary/aromatic N) is 3. The second-order valence-corrected chi connectivity index (χ2v) is 4.48. The van der Waals surface area contributed by atoms with Crippen LogP contribution in [0.2, 0.25) is 0 Å². The third-order valence-electron chi connectivity index (χ3n) is 3.34. The van der Waals surface area contributed by atoms with Gasteiger partial charge in [-0.1, -0.05) is 0 Å². The summed E-state index contributed by atoms with van der Waals surface area (Å²) in [6, 6.07) is -0.494. The van der Waals surface area contributed by atoms with Gasteiger partial charge in [-0.3, -0.25) is 9.48 Å². The molecular weight excluding hydrogens is 246 g/mol. The van der Waals surface area contributed by atoms with E-state index >= 15 is 0 Å². The van der Waals surface area contributed by atoms with Gasteiger partial charge in [0.25, 0.3) is 0 Å². The molecule has 0 radical (unpaired) electrons. The number of hydrogen-bond acceptors (Lipinski definition) is 3. The Bertz CT molecular complexity index is 490. The highest BCUT2D eigenvalue weighted by atomic mass is 16.4. The first-order chi connectivity index (χ1) is 8.84. The van der Waals surface area contributed by atoms with E-state index in [2.05, 4.69) is 5.10 Å². The average molecular weight is 267 g/mol. The Hall–Kier alpha value is -1.85. The lowest BCUT2D eigenvalue weighted by atomic mass is 10.2. The summed E-state index contributed by atoms with van der Waals surface area (Å²) in [5.41, 5.74) is 1.13. The number of hydrogen-bond donors (Lipinski definition) is 1. The summed E-state index contributed by atoms with van der Waals surface area (Å²) in [7, 11) is 0. The van der Waals surface area contributed by atoms with Gasteiger partial charge in [-0.25, -0.2) is 4.79 Å². The molecule has 6 heteroatoms. The third kappa shape index (κ3) is 2.77. The summed E-state index contributed by atoms with van der Waals surface area (Å²) in [6.45, 7) is 10.1. The third-order valence-corrected chi connectivity index (χ3v) is 3.34. The van der Waals surface area contributed by atoms with E-state index in [1.807, 2.05) is 13.8 Å². The number of likely N-dealkylation sites (N-methyl/N-ethyl adjacent to an activating group) is 1. The molecule has 0 saturated carbocycles. The van der Waals surface area contributed by atoms with Gasteiger partial charge in [0.15, 0.2) is 0 Å². The molecule has 6 nitrogen and oxygen atoms in total. The minimum atomic E-state index is -1.01. The van der Waals surface area contributed by atoms with Crippen molar-refractivity contribution < 1.29 is 14.7 Å². The van der Waals surface area contributed by atoms with Gasteiger partial charge >= 0.3 is 5.97 Å². The second kappa shape index (κ2) is 5.86. The number of carbonyl (C=O) groups is 2. The van der Waals surface area contributed by atoms with Gasteiger partial charge in [0, 0.05) is 13.1 Å². The number of carbonyl (C=O) groups excluding carboxylic acids is 1. The largest absolute Gasteiger partial charge is 0.478 e. The number of rotatable bonds is 5. The SMILES string of the molecule is CCN(CC)C(=O)C(C)n1nc(C)c(C(=O)O)c1C. The smallest absolute Gasteiger partial charge is 0.339 e. The molecule has 1 aromatic heterocycles. The highest BCUT2D eigenvalue weighted by Crippen LogP contribution is 2.19. The predicted molar refractivity (Wildman–Crippen MR) is 71.3 cm³/mol. The average Bonchev–Trinajstić information content (AvgIpc) is 2.65. The molecule has 0 saturated heterocycles. The van der Waals surface area contributed by atoms with E-state index in [-0.39, 0.29) is 11.5 Å². The maximum Gasteiger partial charge on any atom is 0.339 e. The van der Waals surface area contributed by atoms with Gasteiger partial charge in [-0.15, -0.1) is 0 Å². The number of aromatic nitrogens is 2. The zero-order valence-electron chi connectivity index (χ0n) is 12.1. The summed E-state index contributed by atoms with van der Waals surface area (Å²) in [6.07, 6.45) is 0. The van der Waals surface area contributed by atoms with Gasteiger partial charge < -0.3 is 10.0 Å². The Morgan fingerprint density at radius 1 is 1.32 bits per heavy atom. The fraction of sp³-hybridized carbons (Fsp3) is 0.615. The van der Waals surface area contributed by atoms with E-state index in [0.717, 1.165) is 0 Å². The molecule has 0 spiro atoms. The summed E-state index contributed by atoms with van der Waals surface area (Å²) in [5.74, 6) is -1.06. The van der Waals surface area contributed by atoms with Crippen LogP contribution >= 0.6 is 0 Å². The second-order valence-electron chi connectivity index (χ2n) is 4.48. The standard InChI is InChI=1S/C13H21N3O3/c1-6-15(7-2)12(17)10(5)16-9(4)11(13(18)19)8(3)14-16/h10H,6-7H2,1-5H3,(H,18,19). The van der Waals surface area contributed by atoms with E-state index in [1.54, 1.807) is 25.7 Å². The highest BCUT2D eigenvalue weighted by molar-refractivity contribution is 5.90. The molecular formula is C13H21N3O3. The first kappa shape index (κ1) is 15.2. The lowest BCUT2D eigenvalue weighted by Crippen LogP contribution is -2.36. The molecule has 1 N–H and O–H groups in total. The molecule has 1 unspecified atom stereocenters. The fourth-order valence-electron chi connectivity index (χ4n) is 2.25. The van der Waals surface area contributed by atoms with Crippen LogP contribution in [-0.4, -0.2) is 44.8 Å². The Labute approximate surface area is 113 Å². The number of amides is 1. The molecule has 0 aromatic carbocycles. The number of carboxylic acids is 1. The van der Waals surface area contributed by atoms with Crippen molar-refractivity contribution in [2.45, 2.75) is 40.7 Å². The quantitative estimate of drug-likeness (QED) is 0.879. The zero-order valence-corrected chi connectivity index (χ0v) is 12.1.